The number of hydrogen-bond acceptors (Lipinski definition) is 8. The number of rotatable bonds is 8. The van der Waals surface area contributed by atoms with Gasteiger partial charge in [0, 0.05) is 30.3 Å². The summed E-state index contributed by atoms with van der Waals surface area (Å²) in [6.45, 7) is 5.06. The molecule has 1 aliphatic heterocycles. The number of esters is 2. The SMILES string of the molecule is C=C1CC(CCCOC(=O)/C=C/C(=O)OCc2oc(=O)oc2C)=CC(=O)N1. The molecule has 0 unspecified atom stereocenters. The third kappa shape index (κ3) is 6.81. The number of carbonyl (C=O) groups excluding carboxylic acids is 3. The first kappa shape index (κ1) is 20.0. The zero-order chi connectivity index (χ0) is 19.8. The average Bonchev–Trinajstić information content (AvgIpc) is 2.91. The van der Waals surface area contributed by atoms with Gasteiger partial charge in [0.05, 0.1) is 6.61 Å². The zero-order valence-corrected chi connectivity index (χ0v) is 14.7. The van der Waals surface area contributed by atoms with Crippen molar-refractivity contribution < 1.29 is 32.7 Å². The summed E-state index contributed by atoms with van der Waals surface area (Å²) in [5, 5.41) is 2.60. The predicted octanol–water partition coefficient (Wildman–Crippen LogP) is 1.42. The van der Waals surface area contributed by atoms with E-state index < -0.39 is 17.8 Å². The molecule has 1 N–H and O–H groups in total. The van der Waals surface area contributed by atoms with Crippen LogP contribution in [0.15, 0.2) is 49.7 Å². The van der Waals surface area contributed by atoms with Gasteiger partial charge >= 0.3 is 17.8 Å². The van der Waals surface area contributed by atoms with Gasteiger partial charge in [0.15, 0.2) is 18.1 Å². The Balaban J connectivity index is 1.65. The van der Waals surface area contributed by atoms with E-state index in [9.17, 15) is 19.2 Å². The van der Waals surface area contributed by atoms with Gasteiger partial charge in [0.1, 0.15) is 0 Å². The Morgan fingerprint density at radius 2 is 1.93 bits per heavy atom. The number of allylic oxidation sites excluding steroid dienone is 1. The third-order valence-corrected chi connectivity index (χ3v) is 3.50. The summed E-state index contributed by atoms with van der Waals surface area (Å²) in [6.07, 6.45) is 5.08. The van der Waals surface area contributed by atoms with Gasteiger partial charge < -0.3 is 23.6 Å². The lowest BCUT2D eigenvalue weighted by Crippen LogP contribution is -2.24. The minimum atomic E-state index is -0.883. The first-order chi connectivity index (χ1) is 12.8. The molecule has 1 amide bonds. The highest BCUT2D eigenvalue weighted by molar-refractivity contribution is 5.91. The standard InChI is InChI=1S/C18H19NO8/c1-11-8-13(9-15(20)19-11)4-3-7-24-16(21)5-6-17(22)25-10-14-12(2)26-18(23)27-14/h5-6,9H,1,3-4,7-8,10H2,2H3,(H,19,20)/b6-5+. The van der Waals surface area contributed by atoms with Crippen LogP contribution >= 0.6 is 0 Å². The van der Waals surface area contributed by atoms with Crippen LogP contribution in [0.2, 0.25) is 0 Å². The topological polar surface area (TPSA) is 125 Å². The van der Waals surface area contributed by atoms with Crippen LogP contribution in [0.25, 0.3) is 0 Å². The van der Waals surface area contributed by atoms with Gasteiger partial charge in [-0.1, -0.05) is 12.2 Å². The quantitative estimate of drug-likeness (QED) is 0.410. The van der Waals surface area contributed by atoms with Gasteiger partial charge in [-0.25, -0.2) is 14.4 Å². The van der Waals surface area contributed by atoms with Crippen molar-refractivity contribution in [3.8, 4) is 0 Å². The molecule has 0 radical (unpaired) electrons. The molecule has 1 aromatic heterocycles. The Labute approximate surface area is 154 Å². The van der Waals surface area contributed by atoms with Crippen LogP contribution in [0.4, 0.5) is 0 Å². The summed E-state index contributed by atoms with van der Waals surface area (Å²) in [5.41, 5.74) is 1.56. The fourth-order valence-corrected chi connectivity index (χ4v) is 2.27. The lowest BCUT2D eigenvalue weighted by atomic mass is 10.0. The lowest BCUT2D eigenvalue weighted by molar-refractivity contribution is -0.141. The van der Waals surface area contributed by atoms with Gasteiger partial charge in [-0.15, -0.1) is 0 Å². The molecule has 0 aliphatic carbocycles. The first-order valence-corrected chi connectivity index (χ1v) is 8.12. The highest BCUT2D eigenvalue weighted by atomic mass is 16.6. The number of amides is 1. The largest absolute Gasteiger partial charge is 0.519 e. The van der Waals surface area contributed by atoms with Crippen LogP contribution < -0.4 is 11.1 Å². The minimum absolute atomic E-state index is 0.0951. The van der Waals surface area contributed by atoms with E-state index in [1.807, 2.05) is 0 Å². The van der Waals surface area contributed by atoms with Crippen LogP contribution in [0.1, 0.15) is 30.8 Å². The van der Waals surface area contributed by atoms with Gasteiger partial charge in [0.2, 0.25) is 5.91 Å². The van der Waals surface area contributed by atoms with E-state index in [2.05, 4.69) is 20.7 Å². The number of carbonyl (C=O) groups is 3. The van der Waals surface area contributed by atoms with E-state index >= 15 is 0 Å². The van der Waals surface area contributed by atoms with Crippen molar-refractivity contribution in [2.45, 2.75) is 32.8 Å². The molecule has 9 heteroatoms. The predicted molar refractivity (Wildman–Crippen MR) is 91.1 cm³/mol. The molecule has 0 aromatic carbocycles. The summed E-state index contributed by atoms with van der Waals surface area (Å²) in [5.74, 6) is -2.27. The van der Waals surface area contributed by atoms with E-state index in [0.29, 0.717) is 25.0 Å². The lowest BCUT2D eigenvalue weighted by Gasteiger charge is -2.15. The molecule has 0 saturated carbocycles. The molecular formula is C18H19NO8. The molecule has 0 fully saturated rings. The Hall–Kier alpha value is -3.36. The second-order valence-electron chi connectivity index (χ2n) is 5.72. The molecule has 2 rings (SSSR count). The molecule has 0 saturated heterocycles. The third-order valence-electron chi connectivity index (χ3n) is 3.50. The number of ether oxygens (including phenoxy) is 2. The van der Waals surface area contributed by atoms with Crippen molar-refractivity contribution in [1.29, 1.82) is 0 Å². The highest BCUT2D eigenvalue weighted by Gasteiger charge is 2.12. The fourth-order valence-electron chi connectivity index (χ4n) is 2.27. The maximum Gasteiger partial charge on any atom is 0.519 e. The summed E-state index contributed by atoms with van der Waals surface area (Å²) in [7, 11) is 0. The number of aryl methyl sites for hydroxylation is 1. The molecule has 2 heterocycles. The molecule has 144 valence electrons. The first-order valence-electron chi connectivity index (χ1n) is 8.12. The fraction of sp³-hybridized carbons (Fsp3) is 0.333. The van der Waals surface area contributed by atoms with Crippen LogP contribution in [-0.2, 0) is 30.5 Å². The van der Waals surface area contributed by atoms with E-state index in [0.717, 1.165) is 17.7 Å². The monoisotopic (exact) mass is 377 g/mol. The van der Waals surface area contributed by atoms with Gasteiger partial charge in [-0.2, -0.15) is 0 Å². The summed E-state index contributed by atoms with van der Waals surface area (Å²) < 4.78 is 19.1. The highest BCUT2D eigenvalue weighted by Crippen LogP contribution is 2.17. The van der Waals surface area contributed by atoms with Crippen LogP contribution in [0, 0.1) is 6.92 Å². The number of nitrogens with one attached hydrogen (secondary N) is 1. The summed E-state index contributed by atoms with van der Waals surface area (Å²) >= 11 is 0. The Kier molecular flexibility index (Phi) is 6.93. The van der Waals surface area contributed by atoms with E-state index in [1.165, 1.54) is 13.0 Å². The van der Waals surface area contributed by atoms with Crippen molar-refractivity contribution in [2.75, 3.05) is 6.61 Å². The average molecular weight is 377 g/mol. The van der Waals surface area contributed by atoms with Crippen molar-refractivity contribution in [3.63, 3.8) is 0 Å². The van der Waals surface area contributed by atoms with Crippen molar-refractivity contribution in [3.05, 3.63) is 58.2 Å². The molecule has 1 aromatic rings. The van der Waals surface area contributed by atoms with Crippen molar-refractivity contribution in [2.24, 2.45) is 0 Å². The zero-order valence-electron chi connectivity index (χ0n) is 14.7. The molecule has 0 bridgehead atoms. The second kappa shape index (κ2) is 9.37. The Morgan fingerprint density at radius 3 is 2.56 bits per heavy atom. The smallest absolute Gasteiger partial charge is 0.463 e. The summed E-state index contributed by atoms with van der Waals surface area (Å²) in [4.78, 5) is 45.2. The van der Waals surface area contributed by atoms with E-state index in [4.69, 9.17) is 9.47 Å². The molecule has 27 heavy (non-hydrogen) atoms. The normalized spacial score (nSPS) is 14.0. The maximum atomic E-state index is 11.5. The molecule has 0 spiro atoms. The van der Waals surface area contributed by atoms with E-state index in [1.54, 1.807) is 0 Å². The molecular weight excluding hydrogens is 358 g/mol. The van der Waals surface area contributed by atoms with Crippen LogP contribution in [-0.4, -0.2) is 24.5 Å². The van der Waals surface area contributed by atoms with Gasteiger partial charge in [-0.05, 0) is 19.8 Å². The van der Waals surface area contributed by atoms with E-state index in [-0.39, 0.29) is 30.6 Å². The van der Waals surface area contributed by atoms with Crippen molar-refractivity contribution >= 4 is 17.8 Å². The molecule has 0 atom stereocenters. The maximum absolute atomic E-state index is 11.5. The summed E-state index contributed by atoms with van der Waals surface area (Å²) in [6, 6.07) is 0. The molecule has 1 aliphatic rings. The van der Waals surface area contributed by atoms with Crippen LogP contribution in [0.3, 0.4) is 0 Å². The number of hydrogen-bond donors (Lipinski definition) is 1. The molecule has 9 nitrogen and oxygen atoms in total. The second-order valence-corrected chi connectivity index (χ2v) is 5.72. The minimum Gasteiger partial charge on any atom is -0.463 e. The Bertz CT molecular complexity index is 855. The van der Waals surface area contributed by atoms with Gasteiger partial charge in [-0.3, -0.25) is 4.79 Å². The van der Waals surface area contributed by atoms with Crippen molar-refractivity contribution in [1.82, 2.24) is 5.32 Å². The van der Waals surface area contributed by atoms with Gasteiger partial charge in [0.25, 0.3) is 0 Å². The Morgan fingerprint density at radius 1 is 1.22 bits per heavy atom. The van der Waals surface area contributed by atoms with Crippen LogP contribution in [0.5, 0.6) is 0 Å².